The molecule has 0 bridgehead atoms. The van der Waals surface area contributed by atoms with Gasteiger partial charge in [-0.25, -0.2) is 0 Å². The third kappa shape index (κ3) is 2.44. The Balaban J connectivity index is 1.96. The van der Waals surface area contributed by atoms with Crippen LogP contribution in [0, 0.1) is 13.8 Å². The number of hydrogen-bond acceptors (Lipinski definition) is 1. The predicted octanol–water partition coefficient (Wildman–Crippen LogP) is 4.24. The average Bonchev–Trinajstić information content (AvgIpc) is 2.95. The van der Waals surface area contributed by atoms with Crippen molar-refractivity contribution in [2.24, 2.45) is 7.05 Å². The fourth-order valence-electron chi connectivity index (χ4n) is 2.67. The van der Waals surface area contributed by atoms with E-state index in [4.69, 9.17) is 0 Å². The largest absolute Gasteiger partial charge is 0.351 e. The zero-order valence-electron chi connectivity index (χ0n) is 12.4. The van der Waals surface area contributed by atoms with Gasteiger partial charge in [0.25, 0.3) is 0 Å². The molecule has 0 atom stereocenters. The first-order valence-electron chi connectivity index (χ1n) is 6.88. The molecule has 0 N–H and O–H groups in total. The van der Waals surface area contributed by atoms with Crippen molar-refractivity contribution < 1.29 is 4.79 Å². The lowest BCUT2D eigenvalue weighted by Crippen LogP contribution is -2.10. The number of carbonyl (C=O) groups is 1. The second kappa shape index (κ2) is 5.19. The summed E-state index contributed by atoms with van der Waals surface area (Å²) in [4.78, 5) is 12.6. The van der Waals surface area contributed by atoms with Gasteiger partial charge in [-0.2, -0.15) is 0 Å². The van der Waals surface area contributed by atoms with E-state index in [1.807, 2.05) is 55.9 Å². The Kier molecular flexibility index (Phi) is 3.49. The van der Waals surface area contributed by atoms with Crippen LogP contribution in [0.5, 0.6) is 0 Å². The molecule has 21 heavy (non-hydrogen) atoms. The van der Waals surface area contributed by atoms with E-state index < -0.39 is 0 Å². The van der Waals surface area contributed by atoms with E-state index in [2.05, 4.69) is 26.6 Å². The zero-order chi connectivity index (χ0) is 15.1. The molecule has 0 aliphatic heterocycles. The quantitative estimate of drug-likeness (QED) is 0.652. The fourth-order valence-corrected chi connectivity index (χ4v) is 3.02. The topological polar surface area (TPSA) is 26.9 Å². The monoisotopic (exact) mass is 344 g/mol. The number of aromatic nitrogens is 2. The number of nitrogens with zero attached hydrogens (tertiary/aromatic N) is 2. The van der Waals surface area contributed by atoms with Crippen molar-refractivity contribution in [2.75, 3.05) is 0 Å². The highest BCUT2D eigenvalue weighted by atomic mass is 79.9. The van der Waals surface area contributed by atoms with Crippen LogP contribution in [0.15, 0.2) is 41.0 Å². The molecule has 0 saturated carbocycles. The molecule has 0 radical (unpaired) electrons. The lowest BCUT2D eigenvalue weighted by molar-refractivity contribution is 0.0973. The third-order valence-electron chi connectivity index (χ3n) is 4.13. The second-order valence-corrected chi connectivity index (χ2v) is 6.33. The van der Waals surface area contributed by atoms with Gasteiger partial charge in [0.2, 0.25) is 0 Å². The van der Waals surface area contributed by atoms with Gasteiger partial charge in [-0.15, -0.1) is 0 Å². The maximum atomic E-state index is 12.6. The first-order chi connectivity index (χ1) is 9.97. The van der Waals surface area contributed by atoms with E-state index >= 15 is 0 Å². The molecule has 2 aromatic heterocycles. The van der Waals surface area contributed by atoms with Crippen LogP contribution in [0.2, 0.25) is 0 Å². The van der Waals surface area contributed by atoms with E-state index in [-0.39, 0.29) is 5.78 Å². The van der Waals surface area contributed by atoms with E-state index in [0.29, 0.717) is 6.54 Å². The third-order valence-corrected chi connectivity index (χ3v) is 4.62. The number of fused-ring (bicyclic) bond motifs is 1. The first-order valence-corrected chi connectivity index (χ1v) is 7.67. The van der Waals surface area contributed by atoms with Crippen molar-refractivity contribution in [3.63, 3.8) is 0 Å². The van der Waals surface area contributed by atoms with Crippen LogP contribution in [0.4, 0.5) is 0 Å². The fraction of sp³-hybridized carbons (Fsp3) is 0.235. The molecule has 0 fully saturated rings. The van der Waals surface area contributed by atoms with Crippen LogP contribution in [0.1, 0.15) is 21.7 Å². The number of hydrogen-bond donors (Lipinski definition) is 0. The molecule has 3 nitrogen and oxygen atoms in total. The van der Waals surface area contributed by atoms with Crippen LogP contribution in [-0.2, 0) is 13.6 Å². The van der Waals surface area contributed by atoms with Gasteiger partial charge in [0.05, 0.1) is 6.54 Å². The lowest BCUT2D eigenvalue weighted by Gasteiger charge is -2.06. The molecule has 4 heteroatoms. The highest BCUT2D eigenvalue weighted by molar-refractivity contribution is 9.10. The Morgan fingerprint density at radius 3 is 2.62 bits per heavy atom. The minimum atomic E-state index is 0.147. The molecule has 0 aliphatic carbocycles. The Morgan fingerprint density at radius 1 is 1.19 bits per heavy atom. The highest BCUT2D eigenvalue weighted by Gasteiger charge is 2.15. The smallest absolute Gasteiger partial charge is 0.184 e. The van der Waals surface area contributed by atoms with Crippen molar-refractivity contribution in [2.45, 2.75) is 20.4 Å². The normalized spacial score (nSPS) is 11.2. The molecular weight excluding hydrogens is 328 g/mol. The summed E-state index contributed by atoms with van der Waals surface area (Å²) in [5.41, 5.74) is 4.01. The standard InChI is InChI=1S/C17H17BrN2O/c1-11-8-15(12(2)19(11)3)17(21)10-20-7-6-13-4-5-14(18)9-16(13)20/h4-9H,10H2,1-3H3. The van der Waals surface area contributed by atoms with Crippen molar-refractivity contribution in [1.29, 1.82) is 0 Å². The van der Waals surface area contributed by atoms with Crippen LogP contribution < -0.4 is 0 Å². The van der Waals surface area contributed by atoms with Crippen LogP contribution >= 0.6 is 15.9 Å². The molecule has 3 rings (SSSR count). The van der Waals surface area contributed by atoms with Gasteiger partial charge < -0.3 is 9.13 Å². The number of ketones is 1. The van der Waals surface area contributed by atoms with Crippen molar-refractivity contribution in [3.05, 3.63) is 58.0 Å². The zero-order valence-corrected chi connectivity index (χ0v) is 13.9. The summed E-state index contributed by atoms with van der Waals surface area (Å²) in [5.74, 6) is 0.147. The van der Waals surface area contributed by atoms with Gasteiger partial charge in [-0.3, -0.25) is 4.79 Å². The second-order valence-electron chi connectivity index (χ2n) is 5.41. The van der Waals surface area contributed by atoms with Gasteiger partial charge in [0.1, 0.15) is 0 Å². The maximum absolute atomic E-state index is 12.6. The molecule has 0 spiro atoms. The molecule has 2 heterocycles. The van der Waals surface area contributed by atoms with E-state index in [9.17, 15) is 4.79 Å². The lowest BCUT2D eigenvalue weighted by atomic mass is 10.1. The number of benzene rings is 1. The van der Waals surface area contributed by atoms with E-state index in [1.54, 1.807) is 0 Å². The van der Waals surface area contributed by atoms with Gasteiger partial charge in [0, 0.05) is 40.2 Å². The van der Waals surface area contributed by atoms with Crippen molar-refractivity contribution >= 4 is 32.6 Å². The number of rotatable bonds is 3. The summed E-state index contributed by atoms with van der Waals surface area (Å²) < 4.78 is 5.08. The number of carbonyl (C=O) groups excluding carboxylic acids is 1. The summed E-state index contributed by atoms with van der Waals surface area (Å²) >= 11 is 3.49. The molecule has 0 amide bonds. The molecular formula is C17H17BrN2O. The molecule has 0 unspecified atom stereocenters. The van der Waals surface area contributed by atoms with Crippen LogP contribution in [-0.4, -0.2) is 14.9 Å². The molecule has 3 aromatic rings. The average molecular weight is 345 g/mol. The van der Waals surface area contributed by atoms with Crippen LogP contribution in [0.25, 0.3) is 10.9 Å². The van der Waals surface area contributed by atoms with Crippen molar-refractivity contribution in [1.82, 2.24) is 9.13 Å². The van der Waals surface area contributed by atoms with E-state index in [0.717, 1.165) is 32.3 Å². The van der Waals surface area contributed by atoms with E-state index in [1.165, 1.54) is 0 Å². The van der Waals surface area contributed by atoms with Gasteiger partial charge in [-0.05, 0) is 43.5 Å². The SMILES string of the molecule is Cc1cc(C(=O)Cn2ccc3ccc(Br)cc32)c(C)n1C. The minimum Gasteiger partial charge on any atom is -0.351 e. The minimum absolute atomic E-state index is 0.147. The summed E-state index contributed by atoms with van der Waals surface area (Å²) in [6.07, 6.45) is 1.97. The van der Waals surface area contributed by atoms with Gasteiger partial charge >= 0.3 is 0 Å². The molecule has 0 aliphatic rings. The molecule has 108 valence electrons. The van der Waals surface area contributed by atoms with Gasteiger partial charge in [-0.1, -0.05) is 22.0 Å². The Labute approximate surface area is 132 Å². The number of Topliss-reactive ketones (excluding diaryl/α,β-unsaturated/α-hetero) is 1. The summed E-state index contributed by atoms with van der Waals surface area (Å²) in [7, 11) is 1.99. The number of aryl methyl sites for hydroxylation is 1. The Bertz CT molecular complexity index is 842. The highest BCUT2D eigenvalue weighted by Crippen LogP contribution is 2.22. The first kappa shape index (κ1) is 14.1. The maximum Gasteiger partial charge on any atom is 0.184 e. The van der Waals surface area contributed by atoms with Gasteiger partial charge in [0.15, 0.2) is 5.78 Å². The molecule has 0 saturated heterocycles. The Hall–Kier alpha value is -1.81. The Morgan fingerprint density at radius 2 is 1.95 bits per heavy atom. The summed E-state index contributed by atoms with van der Waals surface area (Å²) in [5, 5.41) is 1.15. The summed E-state index contributed by atoms with van der Waals surface area (Å²) in [6.45, 7) is 4.38. The number of halogens is 1. The van der Waals surface area contributed by atoms with Crippen molar-refractivity contribution in [3.8, 4) is 0 Å². The summed E-state index contributed by atoms with van der Waals surface area (Å²) in [6, 6.07) is 10.1. The van der Waals surface area contributed by atoms with Crippen LogP contribution in [0.3, 0.4) is 0 Å². The molecule has 1 aromatic carbocycles. The predicted molar refractivity (Wildman–Crippen MR) is 88.9 cm³/mol.